The Kier molecular flexibility index (Phi) is 4.92. The molecule has 0 aliphatic heterocycles. The van der Waals surface area contributed by atoms with E-state index in [0.29, 0.717) is 5.56 Å². The molecular formula is C19H26F2. The van der Waals surface area contributed by atoms with Gasteiger partial charge in [-0.05, 0) is 48.6 Å². The van der Waals surface area contributed by atoms with Crippen molar-refractivity contribution in [3.63, 3.8) is 0 Å². The molecule has 0 saturated heterocycles. The summed E-state index contributed by atoms with van der Waals surface area (Å²) in [5.74, 6) is 0.635. The highest BCUT2D eigenvalue weighted by atomic mass is 19.2. The van der Waals surface area contributed by atoms with E-state index in [4.69, 9.17) is 0 Å². The van der Waals surface area contributed by atoms with Crippen LogP contribution in [0.25, 0.3) is 0 Å². The molecule has 1 aromatic carbocycles. The smallest absolute Gasteiger partial charge is 0.162 e. The Bertz CT molecular complexity index is 463. The molecule has 0 aromatic heterocycles. The van der Waals surface area contributed by atoms with E-state index >= 15 is 0 Å². The van der Waals surface area contributed by atoms with Crippen LogP contribution in [0.5, 0.6) is 0 Å². The molecule has 2 unspecified atom stereocenters. The molecule has 1 aromatic rings. The Morgan fingerprint density at radius 2 is 1.43 bits per heavy atom. The van der Waals surface area contributed by atoms with Gasteiger partial charge < -0.3 is 0 Å². The van der Waals surface area contributed by atoms with E-state index in [1.807, 2.05) is 0 Å². The third kappa shape index (κ3) is 3.46. The quantitative estimate of drug-likeness (QED) is 0.568. The molecule has 2 heteroatoms. The van der Waals surface area contributed by atoms with Crippen LogP contribution in [0.4, 0.5) is 8.78 Å². The van der Waals surface area contributed by atoms with Gasteiger partial charge in [-0.15, -0.1) is 0 Å². The first-order chi connectivity index (χ1) is 10.3. The summed E-state index contributed by atoms with van der Waals surface area (Å²) in [6.07, 6.45) is 12.7. The SMILES string of the molecule is Fc1cccc(C2CCCC(C3CCCCC3)CC2)c1F. The maximum Gasteiger partial charge on any atom is 0.162 e. The maximum absolute atomic E-state index is 14.0. The average Bonchev–Trinajstić information content (AvgIpc) is 2.77. The molecular weight excluding hydrogens is 266 g/mol. The van der Waals surface area contributed by atoms with Crippen LogP contribution in [-0.4, -0.2) is 0 Å². The molecule has 2 aliphatic carbocycles. The molecule has 0 bridgehead atoms. The van der Waals surface area contributed by atoms with Crippen molar-refractivity contribution in [2.24, 2.45) is 11.8 Å². The fourth-order valence-electron chi connectivity index (χ4n) is 4.55. The monoisotopic (exact) mass is 292 g/mol. The number of hydrogen-bond donors (Lipinski definition) is 0. The molecule has 0 nitrogen and oxygen atoms in total. The summed E-state index contributed by atoms with van der Waals surface area (Å²) in [4.78, 5) is 0. The molecule has 0 heterocycles. The molecule has 0 N–H and O–H groups in total. The second-order valence-corrected chi connectivity index (χ2v) is 7.01. The lowest BCUT2D eigenvalue weighted by molar-refractivity contribution is 0.226. The lowest BCUT2D eigenvalue weighted by Crippen LogP contribution is -2.17. The van der Waals surface area contributed by atoms with E-state index in [-0.39, 0.29) is 5.92 Å². The van der Waals surface area contributed by atoms with Crippen LogP contribution < -0.4 is 0 Å². The molecule has 21 heavy (non-hydrogen) atoms. The Labute approximate surface area is 126 Å². The number of hydrogen-bond acceptors (Lipinski definition) is 0. The van der Waals surface area contributed by atoms with Gasteiger partial charge >= 0.3 is 0 Å². The van der Waals surface area contributed by atoms with E-state index in [1.165, 1.54) is 57.4 Å². The Morgan fingerprint density at radius 3 is 2.24 bits per heavy atom. The molecule has 0 spiro atoms. The Balaban J connectivity index is 1.66. The second kappa shape index (κ2) is 6.89. The van der Waals surface area contributed by atoms with Crippen LogP contribution in [0.15, 0.2) is 18.2 Å². The van der Waals surface area contributed by atoms with Gasteiger partial charge in [0, 0.05) is 0 Å². The fourth-order valence-corrected chi connectivity index (χ4v) is 4.55. The summed E-state index contributed by atoms with van der Waals surface area (Å²) < 4.78 is 27.4. The summed E-state index contributed by atoms with van der Waals surface area (Å²) in [6, 6.07) is 4.65. The molecule has 2 saturated carbocycles. The van der Waals surface area contributed by atoms with Crippen LogP contribution >= 0.6 is 0 Å². The summed E-state index contributed by atoms with van der Waals surface area (Å²) in [7, 11) is 0. The first-order valence-corrected chi connectivity index (χ1v) is 8.69. The zero-order chi connectivity index (χ0) is 14.7. The van der Waals surface area contributed by atoms with Gasteiger partial charge in [-0.1, -0.05) is 57.1 Å². The lowest BCUT2D eigenvalue weighted by atomic mass is 9.76. The maximum atomic E-state index is 14.0. The van der Waals surface area contributed by atoms with Gasteiger partial charge in [-0.3, -0.25) is 0 Å². The van der Waals surface area contributed by atoms with Gasteiger partial charge in [0.2, 0.25) is 0 Å². The summed E-state index contributed by atoms with van der Waals surface area (Å²) in [5, 5.41) is 0. The summed E-state index contributed by atoms with van der Waals surface area (Å²) >= 11 is 0. The topological polar surface area (TPSA) is 0 Å². The molecule has 3 rings (SSSR count). The van der Waals surface area contributed by atoms with Crippen molar-refractivity contribution in [2.75, 3.05) is 0 Å². The molecule has 2 aliphatic rings. The predicted molar refractivity (Wildman–Crippen MR) is 82.2 cm³/mol. The van der Waals surface area contributed by atoms with E-state index in [0.717, 1.165) is 24.7 Å². The van der Waals surface area contributed by atoms with Gasteiger partial charge in [0.25, 0.3) is 0 Å². The first-order valence-electron chi connectivity index (χ1n) is 8.69. The van der Waals surface area contributed by atoms with Gasteiger partial charge in [0.15, 0.2) is 11.6 Å². The predicted octanol–water partition coefficient (Wildman–Crippen LogP) is 6.21. The molecule has 0 radical (unpaired) electrons. The average molecular weight is 292 g/mol. The molecule has 0 amide bonds. The van der Waals surface area contributed by atoms with Gasteiger partial charge in [-0.2, -0.15) is 0 Å². The van der Waals surface area contributed by atoms with Crippen LogP contribution in [0.2, 0.25) is 0 Å². The largest absolute Gasteiger partial charge is 0.204 e. The van der Waals surface area contributed by atoms with Crippen molar-refractivity contribution in [1.82, 2.24) is 0 Å². The molecule has 116 valence electrons. The minimum atomic E-state index is -0.694. The van der Waals surface area contributed by atoms with Crippen LogP contribution in [0.1, 0.15) is 75.7 Å². The van der Waals surface area contributed by atoms with Crippen molar-refractivity contribution in [3.05, 3.63) is 35.4 Å². The van der Waals surface area contributed by atoms with E-state index < -0.39 is 11.6 Å². The normalized spacial score (nSPS) is 28.3. The zero-order valence-electron chi connectivity index (χ0n) is 12.8. The van der Waals surface area contributed by atoms with E-state index in [9.17, 15) is 8.78 Å². The highest BCUT2D eigenvalue weighted by molar-refractivity contribution is 5.23. The van der Waals surface area contributed by atoms with E-state index in [1.54, 1.807) is 12.1 Å². The number of benzene rings is 1. The third-order valence-corrected chi connectivity index (χ3v) is 5.75. The minimum absolute atomic E-state index is 0.217. The zero-order valence-corrected chi connectivity index (χ0v) is 12.8. The summed E-state index contributed by atoms with van der Waals surface area (Å²) in [6.45, 7) is 0. The van der Waals surface area contributed by atoms with E-state index in [2.05, 4.69) is 0 Å². The fraction of sp³-hybridized carbons (Fsp3) is 0.684. The van der Waals surface area contributed by atoms with Crippen LogP contribution in [-0.2, 0) is 0 Å². The van der Waals surface area contributed by atoms with Crippen molar-refractivity contribution in [3.8, 4) is 0 Å². The van der Waals surface area contributed by atoms with Crippen molar-refractivity contribution < 1.29 is 8.78 Å². The summed E-state index contributed by atoms with van der Waals surface area (Å²) in [5.41, 5.74) is 0.610. The van der Waals surface area contributed by atoms with Gasteiger partial charge in [0.1, 0.15) is 0 Å². The van der Waals surface area contributed by atoms with Gasteiger partial charge in [0.05, 0.1) is 0 Å². The molecule has 2 fully saturated rings. The van der Waals surface area contributed by atoms with Gasteiger partial charge in [-0.25, -0.2) is 8.78 Å². The van der Waals surface area contributed by atoms with Crippen LogP contribution in [0, 0.1) is 23.5 Å². The third-order valence-electron chi connectivity index (χ3n) is 5.75. The highest BCUT2D eigenvalue weighted by Crippen LogP contribution is 2.41. The molecule has 2 atom stereocenters. The Morgan fingerprint density at radius 1 is 0.714 bits per heavy atom. The number of rotatable bonds is 2. The number of halogens is 2. The standard InChI is InChI=1S/C19H26F2/c20-18-11-5-10-17(19(18)21)16-9-4-8-15(12-13-16)14-6-2-1-3-7-14/h5,10-11,14-16H,1-4,6-9,12-13H2. The second-order valence-electron chi connectivity index (χ2n) is 7.01. The van der Waals surface area contributed by atoms with Crippen molar-refractivity contribution in [1.29, 1.82) is 0 Å². The lowest BCUT2D eigenvalue weighted by Gasteiger charge is -2.29. The van der Waals surface area contributed by atoms with Crippen molar-refractivity contribution >= 4 is 0 Å². The highest BCUT2D eigenvalue weighted by Gasteiger charge is 2.28. The Hall–Kier alpha value is -0.920. The van der Waals surface area contributed by atoms with Crippen molar-refractivity contribution in [2.45, 2.75) is 70.1 Å². The van der Waals surface area contributed by atoms with Crippen LogP contribution in [0.3, 0.4) is 0 Å². The first kappa shape index (κ1) is 15.0. The minimum Gasteiger partial charge on any atom is -0.204 e.